The molecule has 1 aromatic carbocycles. The summed E-state index contributed by atoms with van der Waals surface area (Å²) in [6.45, 7) is 3.55. The first-order valence-electron chi connectivity index (χ1n) is 9.01. The van der Waals surface area contributed by atoms with Crippen molar-refractivity contribution < 1.29 is 4.79 Å². The number of hydrogen-bond donors (Lipinski definition) is 1. The third-order valence-corrected chi connectivity index (χ3v) is 5.08. The fourth-order valence-corrected chi connectivity index (χ4v) is 3.66. The second kappa shape index (κ2) is 6.78. The Hall–Kier alpha value is -2.89. The van der Waals surface area contributed by atoms with E-state index in [1.165, 1.54) is 5.56 Å². The van der Waals surface area contributed by atoms with Gasteiger partial charge in [-0.15, -0.1) is 0 Å². The smallest absolute Gasteiger partial charge is 0.274 e. The van der Waals surface area contributed by atoms with Crippen LogP contribution in [0, 0.1) is 6.92 Å². The van der Waals surface area contributed by atoms with Crippen LogP contribution in [0.2, 0.25) is 0 Å². The molecule has 1 amide bonds. The molecule has 1 aliphatic heterocycles. The zero-order valence-electron chi connectivity index (χ0n) is 15.1. The minimum Gasteiger partial charge on any atom is -0.337 e. The van der Waals surface area contributed by atoms with Crippen molar-refractivity contribution in [3.63, 3.8) is 0 Å². The van der Waals surface area contributed by atoms with Crippen LogP contribution < -0.4 is 0 Å². The third kappa shape index (κ3) is 3.14. The summed E-state index contributed by atoms with van der Waals surface area (Å²) < 4.78 is 1.67. The predicted octanol–water partition coefficient (Wildman–Crippen LogP) is 3.14. The van der Waals surface area contributed by atoms with Crippen molar-refractivity contribution in [3.05, 3.63) is 59.7 Å². The van der Waals surface area contributed by atoms with E-state index in [4.69, 9.17) is 0 Å². The molecular weight excluding hydrogens is 326 g/mol. The lowest BCUT2D eigenvalue weighted by atomic mass is 9.90. The van der Waals surface area contributed by atoms with Gasteiger partial charge in [0.25, 0.3) is 5.91 Å². The molecule has 3 heterocycles. The van der Waals surface area contributed by atoms with Crippen molar-refractivity contribution in [2.75, 3.05) is 13.1 Å². The molecule has 1 atom stereocenters. The topological polar surface area (TPSA) is 66.8 Å². The second-order valence-corrected chi connectivity index (χ2v) is 7.03. The monoisotopic (exact) mass is 349 g/mol. The first kappa shape index (κ1) is 16.6. The molecule has 0 spiro atoms. The van der Waals surface area contributed by atoms with E-state index in [1.807, 2.05) is 18.1 Å². The predicted molar refractivity (Wildman–Crippen MR) is 99.8 cm³/mol. The maximum absolute atomic E-state index is 12.7. The number of H-pyrrole nitrogens is 1. The van der Waals surface area contributed by atoms with E-state index in [1.54, 1.807) is 16.9 Å². The van der Waals surface area contributed by atoms with Gasteiger partial charge in [0.05, 0.1) is 6.20 Å². The Kier molecular flexibility index (Phi) is 4.32. The number of hydrogen-bond acceptors (Lipinski definition) is 3. The molecule has 0 saturated carbocycles. The maximum Gasteiger partial charge on any atom is 0.274 e. The lowest BCUT2D eigenvalue weighted by molar-refractivity contribution is 0.0699. The fourth-order valence-electron chi connectivity index (χ4n) is 3.66. The van der Waals surface area contributed by atoms with Crippen LogP contribution in [0.25, 0.3) is 11.1 Å². The highest BCUT2D eigenvalue weighted by atomic mass is 16.2. The average molecular weight is 349 g/mol. The zero-order chi connectivity index (χ0) is 18.1. The molecule has 0 aliphatic carbocycles. The molecule has 1 unspecified atom stereocenters. The van der Waals surface area contributed by atoms with Crippen LogP contribution in [0.4, 0.5) is 0 Å². The highest BCUT2D eigenvalue weighted by Crippen LogP contribution is 2.33. The minimum absolute atomic E-state index is 0.00620. The van der Waals surface area contributed by atoms with Crippen molar-refractivity contribution in [2.24, 2.45) is 7.05 Å². The van der Waals surface area contributed by atoms with Gasteiger partial charge in [0.1, 0.15) is 5.69 Å². The third-order valence-electron chi connectivity index (χ3n) is 5.08. The summed E-state index contributed by atoms with van der Waals surface area (Å²) in [5.41, 5.74) is 5.15. The number of likely N-dealkylation sites (tertiary alicyclic amines) is 1. The first-order valence-corrected chi connectivity index (χ1v) is 9.01. The van der Waals surface area contributed by atoms with Gasteiger partial charge in [0.2, 0.25) is 0 Å². The van der Waals surface area contributed by atoms with Crippen molar-refractivity contribution in [2.45, 2.75) is 25.7 Å². The van der Waals surface area contributed by atoms with E-state index in [-0.39, 0.29) is 11.8 Å². The quantitative estimate of drug-likeness (QED) is 0.790. The standard InChI is InChI=1S/C20H23N5O/c1-14-5-7-15(8-6-14)17-12-21-22-19(17)16-4-3-10-25(13-16)20(26)18-9-11-24(2)23-18/h5-9,11-12,16H,3-4,10,13H2,1-2H3,(H,21,22). The Morgan fingerprint density at radius 2 is 2.04 bits per heavy atom. The Morgan fingerprint density at radius 3 is 2.77 bits per heavy atom. The number of rotatable bonds is 3. The Bertz CT molecular complexity index is 908. The molecular formula is C20H23N5O. The Balaban J connectivity index is 1.56. The number of carbonyl (C=O) groups is 1. The lowest BCUT2D eigenvalue weighted by Gasteiger charge is -2.32. The van der Waals surface area contributed by atoms with Gasteiger partial charge in [-0.25, -0.2) is 0 Å². The normalized spacial score (nSPS) is 17.5. The van der Waals surface area contributed by atoms with Crippen LogP contribution >= 0.6 is 0 Å². The van der Waals surface area contributed by atoms with E-state index >= 15 is 0 Å². The van der Waals surface area contributed by atoms with Gasteiger partial charge < -0.3 is 4.90 Å². The van der Waals surface area contributed by atoms with Crippen molar-refractivity contribution in [3.8, 4) is 11.1 Å². The number of nitrogens with one attached hydrogen (secondary N) is 1. The Morgan fingerprint density at radius 1 is 1.23 bits per heavy atom. The fraction of sp³-hybridized carbons (Fsp3) is 0.350. The lowest BCUT2D eigenvalue weighted by Crippen LogP contribution is -2.39. The molecule has 26 heavy (non-hydrogen) atoms. The molecule has 1 fully saturated rings. The van der Waals surface area contributed by atoms with Crippen LogP contribution in [0.1, 0.15) is 40.5 Å². The highest BCUT2D eigenvalue weighted by molar-refractivity contribution is 5.92. The molecule has 6 nitrogen and oxygen atoms in total. The molecule has 1 N–H and O–H groups in total. The molecule has 6 heteroatoms. The van der Waals surface area contributed by atoms with E-state index in [2.05, 4.69) is 46.5 Å². The maximum atomic E-state index is 12.7. The summed E-state index contributed by atoms with van der Waals surface area (Å²) in [7, 11) is 1.83. The van der Waals surface area contributed by atoms with Gasteiger partial charge in [-0.05, 0) is 31.4 Å². The van der Waals surface area contributed by atoms with Gasteiger partial charge in [-0.3, -0.25) is 14.6 Å². The summed E-state index contributed by atoms with van der Waals surface area (Å²) in [6.07, 6.45) is 5.72. The summed E-state index contributed by atoms with van der Waals surface area (Å²) in [6, 6.07) is 10.3. The van der Waals surface area contributed by atoms with E-state index in [9.17, 15) is 4.79 Å². The summed E-state index contributed by atoms with van der Waals surface area (Å²) >= 11 is 0. The number of benzene rings is 1. The molecule has 0 bridgehead atoms. The molecule has 1 saturated heterocycles. The van der Waals surface area contributed by atoms with E-state index < -0.39 is 0 Å². The summed E-state index contributed by atoms with van der Waals surface area (Å²) in [5.74, 6) is 0.266. The van der Waals surface area contributed by atoms with Gasteiger partial charge >= 0.3 is 0 Å². The van der Waals surface area contributed by atoms with E-state index in [0.717, 1.165) is 36.2 Å². The Labute approximate surface area is 152 Å². The number of carbonyl (C=O) groups excluding carboxylic acids is 1. The number of piperidine rings is 1. The largest absolute Gasteiger partial charge is 0.337 e. The number of nitrogens with zero attached hydrogens (tertiary/aromatic N) is 4. The minimum atomic E-state index is 0.00620. The van der Waals surface area contributed by atoms with Crippen LogP contribution in [0.3, 0.4) is 0 Å². The number of aromatic nitrogens is 4. The molecule has 134 valence electrons. The van der Waals surface area contributed by atoms with Crippen LogP contribution in [0.5, 0.6) is 0 Å². The number of amides is 1. The second-order valence-electron chi connectivity index (χ2n) is 7.03. The highest BCUT2D eigenvalue weighted by Gasteiger charge is 2.29. The van der Waals surface area contributed by atoms with Gasteiger partial charge in [-0.1, -0.05) is 29.8 Å². The molecule has 4 rings (SSSR count). The number of aryl methyl sites for hydroxylation is 2. The SMILES string of the molecule is Cc1ccc(-c2cn[nH]c2C2CCCN(C(=O)c3ccn(C)n3)C2)cc1. The van der Waals surface area contributed by atoms with Gasteiger partial charge in [0, 0.05) is 43.5 Å². The van der Waals surface area contributed by atoms with Crippen LogP contribution in [-0.2, 0) is 7.05 Å². The first-order chi connectivity index (χ1) is 12.6. The number of aromatic amines is 1. The molecule has 3 aromatic rings. The molecule has 2 aromatic heterocycles. The molecule has 1 aliphatic rings. The van der Waals surface area contributed by atoms with Gasteiger partial charge in [0.15, 0.2) is 0 Å². The van der Waals surface area contributed by atoms with Crippen molar-refractivity contribution in [1.82, 2.24) is 24.9 Å². The van der Waals surface area contributed by atoms with E-state index in [0.29, 0.717) is 12.2 Å². The summed E-state index contributed by atoms with van der Waals surface area (Å²) in [4.78, 5) is 14.7. The van der Waals surface area contributed by atoms with Crippen LogP contribution in [-0.4, -0.2) is 43.9 Å². The average Bonchev–Trinajstić information content (AvgIpc) is 3.31. The summed E-state index contributed by atoms with van der Waals surface area (Å²) in [5, 5.41) is 11.7. The van der Waals surface area contributed by atoms with Crippen molar-refractivity contribution >= 4 is 5.91 Å². The van der Waals surface area contributed by atoms with Gasteiger partial charge in [-0.2, -0.15) is 10.2 Å². The van der Waals surface area contributed by atoms with Crippen molar-refractivity contribution in [1.29, 1.82) is 0 Å². The van der Waals surface area contributed by atoms with Crippen LogP contribution in [0.15, 0.2) is 42.7 Å². The zero-order valence-corrected chi connectivity index (χ0v) is 15.1. The molecule has 0 radical (unpaired) electrons.